The van der Waals surface area contributed by atoms with Crippen LogP contribution in [0.2, 0.25) is 5.02 Å². The lowest BCUT2D eigenvalue weighted by molar-refractivity contribution is -0.125. The minimum Gasteiger partial charge on any atom is -0.355 e. The van der Waals surface area contributed by atoms with Crippen LogP contribution in [0.25, 0.3) is 11.1 Å². The van der Waals surface area contributed by atoms with E-state index in [-0.39, 0.29) is 11.8 Å². The average molecular weight is 414 g/mol. The number of anilines is 1. The zero-order valence-corrected chi connectivity index (χ0v) is 17.4. The predicted molar refractivity (Wildman–Crippen MR) is 112 cm³/mol. The van der Waals surface area contributed by atoms with Crippen LogP contribution in [0.3, 0.4) is 0 Å². The van der Waals surface area contributed by atoms with Crippen LogP contribution < -0.4 is 10.2 Å². The number of nitrogens with one attached hydrogen (secondary N) is 1. The molecule has 1 aromatic carbocycles. The molecule has 7 nitrogen and oxygen atoms in total. The van der Waals surface area contributed by atoms with Crippen molar-refractivity contribution in [3.05, 3.63) is 46.4 Å². The van der Waals surface area contributed by atoms with E-state index in [4.69, 9.17) is 16.1 Å². The summed E-state index contributed by atoms with van der Waals surface area (Å²) in [6.45, 7) is 5.76. The second kappa shape index (κ2) is 8.37. The van der Waals surface area contributed by atoms with Gasteiger partial charge in [0.15, 0.2) is 0 Å². The third-order valence-corrected chi connectivity index (χ3v) is 5.71. The molecule has 152 valence electrons. The molecule has 1 N–H and O–H groups in total. The van der Waals surface area contributed by atoms with E-state index < -0.39 is 0 Å². The Hall–Kier alpha value is -2.67. The number of hydrogen-bond acceptors (Lipinski definition) is 6. The van der Waals surface area contributed by atoms with E-state index in [9.17, 15) is 4.79 Å². The van der Waals surface area contributed by atoms with Gasteiger partial charge in [-0.25, -0.2) is 4.98 Å². The van der Waals surface area contributed by atoms with E-state index in [0.29, 0.717) is 31.0 Å². The summed E-state index contributed by atoms with van der Waals surface area (Å²) in [6, 6.07) is 7.72. The van der Waals surface area contributed by atoms with E-state index in [1.165, 1.54) is 0 Å². The van der Waals surface area contributed by atoms with Crippen molar-refractivity contribution in [2.75, 3.05) is 24.5 Å². The zero-order valence-electron chi connectivity index (χ0n) is 16.6. The second-order valence-electron chi connectivity index (χ2n) is 7.46. The van der Waals surface area contributed by atoms with E-state index in [1.54, 1.807) is 0 Å². The number of aromatic nitrogens is 3. The summed E-state index contributed by atoms with van der Waals surface area (Å²) in [4.78, 5) is 23.9. The van der Waals surface area contributed by atoms with Crippen LogP contribution in [0.4, 0.5) is 5.82 Å². The Kier molecular flexibility index (Phi) is 5.67. The highest BCUT2D eigenvalue weighted by Gasteiger charge is 2.28. The Morgan fingerprint density at radius 2 is 2.14 bits per heavy atom. The van der Waals surface area contributed by atoms with Crippen LogP contribution in [0.1, 0.15) is 29.9 Å². The molecule has 1 aliphatic heterocycles. The molecule has 1 saturated heterocycles. The van der Waals surface area contributed by atoms with Gasteiger partial charge >= 0.3 is 0 Å². The first-order chi connectivity index (χ1) is 14.0. The Morgan fingerprint density at radius 1 is 1.31 bits per heavy atom. The maximum Gasteiger partial charge on any atom is 0.263 e. The second-order valence-corrected chi connectivity index (χ2v) is 7.87. The Balaban J connectivity index is 1.43. The molecule has 8 heteroatoms. The van der Waals surface area contributed by atoms with Gasteiger partial charge in [-0.1, -0.05) is 35.0 Å². The van der Waals surface area contributed by atoms with Gasteiger partial charge in [0.1, 0.15) is 17.0 Å². The number of aryl methyl sites for hydroxylation is 2. The highest BCUT2D eigenvalue weighted by molar-refractivity contribution is 6.31. The number of rotatable bonds is 5. The molecule has 1 amide bonds. The highest BCUT2D eigenvalue weighted by Crippen LogP contribution is 2.30. The third kappa shape index (κ3) is 4.19. The van der Waals surface area contributed by atoms with Gasteiger partial charge in [0, 0.05) is 24.7 Å². The Morgan fingerprint density at radius 3 is 2.97 bits per heavy atom. The first-order valence-electron chi connectivity index (χ1n) is 9.89. The molecule has 2 aromatic heterocycles. The molecule has 0 unspecified atom stereocenters. The van der Waals surface area contributed by atoms with Gasteiger partial charge in [-0.15, -0.1) is 0 Å². The van der Waals surface area contributed by atoms with Crippen molar-refractivity contribution in [2.45, 2.75) is 33.1 Å². The first kappa shape index (κ1) is 19.6. The lowest BCUT2D eigenvalue weighted by Gasteiger charge is -2.33. The van der Waals surface area contributed by atoms with Crippen molar-refractivity contribution < 1.29 is 9.32 Å². The van der Waals surface area contributed by atoms with Crippen molar-refractivity contribution in [3.8, 4) is 0 Å². The summed E-state index contributed by atoms with van der Waals surface area (Å²) in [5.74, 6) is 1.43. The van der Waals surface area contributed by atoms with Crippen LogP contribution in [-0.2, 0) is 11.2 Å². The fourth-order valence-corrected chi connectivity index (χ4v) is 4.08. The SMILES string of the molecule is Cc1nc(N2CCC[C@@H](C(=O)NCCc3ccccc3Cl)C2)c2c(C)noc2n1. The van der Waals surface area contributed by atoms with Crippen molar-refractivity contribution in [1.82, 2.24) is 20.4 Å². The molecule has 0 radical (unpaired) electrons. The van der Waals surface area contributed by atoms with Crippen molar-refractivity contribution in [2.24, 2.45) is 5.92 Å². The van der Waals surface area contributed by atoms with Gasteiger partial charge in [0.2, 0.25) is 5.91 Å². The molecule has 0 saturated carbocycles. The lowest BCUT2D eigenvalue weighted by Crippen LogP contribution is -2.44. The van der Waals surface area contributed by atoms with E-state index in [2.05, 4.69) is 25.3 Å². The van der Waals surface area contributed by atoms with Gasteiger partial charge in [0.05, 0.1) is 11.6 Å². The van der Waals surface area contributed by atoms with Crippen LogP contribution in [0.5, 0.6) is 0 Å². The number of halogens is 1. The molecule has 1 atom stereocenters. The third-order valence-electron chi connectivity index (χ3n) is 5.34. The number of hydrogen-bond donors (Lipinski definition) is 1. The summed E-state index contributed by atoms with van der Waals surface area (Å²) in [5.41, 5.74) is 2.30. The topological polar surface area (TPSA) is 84.2 Å². The zero-order chi connectivity index (χ0) is 20.4. The first-order valence-corrected chi connectivity index (χ1v) is 10.3. The fraction of sp³-hybridized carbons (Fsp3) is 0.429. The molecular weight excluding hydrogens is 390 g/mol. The molecule has 1 aliphatic rings. The van der Waals surface area contributed by atoms with Gasteiger partial charge in [-0.05, 0) is 44.7 Å². The fourth-order valence-electron chi connectivity index (χ4n) is 3.85. The van der Waals surface area contributed by atoms with Gasteiger partial charge in [0.25, 0.3) is 5.71 Å². The molecule has 0 spiro atoms. The summed E-state index contributed by atoms with van der Waals surface area (Å²) in [6.07, 6.45) is 2.51. The molecule has 1 fully saturated rings. The van der Waals surface area contributed by atoms with E-state index in [0.717, 1.165) is 46.9 Å². The molecular formula is C21H24ClN5O2. The lowest BCUT2D eigenvalue weighted by atomic mass is 9.96. The minimum absolute atomic E-state index is 0.0748. The number of fused-ring (bicyclic) bond motifs is 1. The number of benzene rings is 1. The van der Waals surface area contributed by atoms with Crippen LogP contribution >= 0.6 is 11.6 Å². The summed E-state index contributed by atoms with van der Waals surface area (Å²) in [5, 5.41) is 8.66. The van der Waals surface area contributed by atoms with Crippen molar-refractivity contribution in [1.29, 1.82) is 0 Å². The van der Waals surface area contributed by atoms with Gasteiger partial charge in [-0.3, -0.25) is 4.79 Å². The highest BCUT2D eigenvalue weighted by atomic mass is 35.5. The number of carbonyl (C=O) groups is 1. The van der Waals surface area contributed by atoms with Gasteiger partial charge in [-0.2, -0.15) is 4.98 Å². The number of piperidine rings is 1. The molecule has 4 rings (SSSR count). The summed E-state index contributed by atoms with van der Waals surface area (Å²) in [7, 11) is 0. The monoisotopic (exact) mass is 413 g/mol. The summed E-state index contributed by atoms with van der Waals surface area (Å²) >= 11 is 6.19. The normalized spacial score (nSPS) is 16.9. The standard InChI is InChI=1S/C21H24ClN5O2/c1-13-18-19(24-14(2)25-21(18)29-26-13)27-11-5-7-16(12-27)20(28)23-10-9-15-6-3-4-8-17(15)22/h3-4,6,8,16H,5,7,9-12H2,1-2H3,(H,23,28)/t16-/m1/s1. The predicted octanol–water partition coefficient (Wildman–Crippen LogP) is 3.46. The number of nitrogens with zero attached hydrogens (tertiary/aromatic N) is 4. The molecule has 29 heavy (non-hydrogen) atoms. The molecule has 0 bridgehead atoms. The van der Waals surface area contributed by atoms with Gasteiger partial charge < -0.3 is 14.7 Å². The van der Waals surface area contributed by atoms with Crippen molar-refractivity contribution in [3.63, 3.8) is 0 Å². The number of carbonyl (C=O) groups excluding carboxylic acids is 1. The minimum atomic E-state index is -0.0829. The largest absolute Gasteiger partial charge is 0.355 e. The van der Waals surface area contributed by atoms with Crippen LogP contribution in [0, 0.1) is 19.8 Å². The van der Waals surface area contributed by atoms with Crippen LogP contribution in [0.15, 0.2) is 28.8 Å². The van der Waals surface area contributed by atoms with E-state index in [1.807, 2.05) is 38.1 Å². The van der Waals surface area contributed by atoms with E-state index >= 15 is 0 Å². The Bertz CT molecular complexity index is 1040. The molecule has 3 aromatic rings. The maximum absolute atomic E-state index is 12.8. The summed E-state index contributed by atoms with van der Waals surface area (Å²) < 4.78 is 5.32. The number of amides is 1. The smallest absolute Gasteiger partial charge is 0.263 e. The quantitative estimate of drug-likeness (QED) is 0.689. The molecule has 3 heterocycles. The average Bonchev–Trinajstić information content (AvgIpc) is 3.09. The Labute approximate surface area is 174 Å². The maximum atomic E-state index is 12.8. The van der Waals surface area contributed by atoms with Crippen LogP contribution in [-0.4, -0.2) is 40.7 Å². The molecule has 0 aliphatic carbocycles. The van der Waals surface area contributed by atoms with Crippen molar-refractivity contribution >= 4 is 34.4 Å².